The van der Waals surface area contributed by atoms with Gasteiger partial charge in [0, 0.05) is 11.8 Å². The Morgan fingerprint density at radius 2 is 1.80 bits per heavy atom. The summed E-state index contributed by atoms with van der Waals surface area (Å²) in [4.78, 5) is 23.6. The molecule has 2 aromatic rings. The van der Waals surface area contributed by atoms with Gasteiger partial charge in [-0.25, -0.2) is 4.79 Å². The molecule has 5 heteroatoms. The summed E-state index contributed by atoms with van der Waals surface area (Å²) >= 11 is 0. The summed E-state index contributed by atoms with van der Waals surface area (Å²) in [6.07, 6.45) is 2.90. The summed E-state index contributed by atoms with van der Waals surface area (Å²) in [6, 6.07) is 12.9. The fourth-order valence-electron chi connectivity index (χ4n) is 2.14. The van der Waals surface area contributed by atoms with Crippen LogP contribution >= 0.6 is 0 Å². The van der Waals surface area contributed by atoms with Gasteiger partial charge in [0.25, 0.3) is 5.91 Å². The number of hydrogen-bond donors (Lipinski definition) is 1. The van der Waals surface area contributed by atoms with Gasteiger partial charge in [-0.2, -0.15) is 0 Å². The smallest absolute Gasteiger partial charge is 0.331 e. The molecule has 2 rings (SSSR count). The zero-order chi connectivity index (χ0) is 18.2. The minimum atomic E-state index is -0.577. The molecule has 0 radical (unpaired) electrons. The van der Waals surface area contributed by atoms with Crippen LogP contribution in [0.5, 0.6) is 5.75 Å². The van der Waals surface area contributed by atoms with Crippen molar-refractivity contribution in [3.8, 4) is 5.75 Å². The molecule has 1 amide bonds. The van der Waals surface area contributed by atoms with Gasteiger partial charge < -0.3 is 14.8 Å². The molecular weight excluding hydrogens is 318 g/mol. The molecular formula is C20H21NO4. The van der Waals surface area contributed by atoms with Crippen molar-refractivity contribution >= 4 is 23.6 Å². The third-order valence-corrected chi connectivity index (χ3v) is 3.75. The molecule has 0 heterocycles. The van der Waals surface area contributed by atoms with Crippen LogP contribution in [0.15, 0.2) is 48.5 Å². The van der Waals surface area contributed by atoms with Crippen molar-refractivity contribution in [2.24, 2.45) is 0 Å². The van der Waals surface area contributed by atoms with Crippen LogP contribution < -0.4 is 10.1 Å². The van der Waals surface area contributed by atoms with Gasteiger partial charge >= 0.3 is 5.97 Å². The lowest BCUT2D eigenvalue weighted by Gasteiger charge is -2.10. The van der Waals surface area contributed by atoms with E-state index in [1.54, 1.807) is 25.3 Å². The second kappa shape index (κ2) is 8.68. The Morgan fingerprint density at radius 1 is 1.08 bits per heavy atom. The van der Waals surface area contributed by atoms with E-state index in [4.69, 9.17) is 9.47 Å². The van der Waals surface area contributed by atoms with E-state index < -0.39 is 5.97 Å². The van der Waals surface area contributed by atoms with Crippen LogP contribution in [0, 0.1) is 13.8 Å². The number of nitrogens with one attached hydrogen (secondary N) is 1. The number of anilines is 1. The van der Waals surface area contributed by atoms with Gasteiger partial charge in [-0.15, -0.1) is 0 Å². The molecule has 0 aromatic heterocycles. The highest BCUT2D eigenvalue weighted by Crippen LogP contribution is 2.17. The van der Waals surface area contributed by atoms with E-state index in [1.165, 1.54) is 6.08 Å². The highest BCUT2D eigenvalue weighted by atomic mass is 16.5. The van der Waals surface area contributed by atoms with Crippen LogP contribution in [0.3, 0.4) is 0 Å². The molecule has 0 atom stereocenters. The largest absolute Gasteiger partial charge is 0.497 e. The predicted molar refractivity (Wildman–Crippen MR) is 97.5 cm³/mol. The highest BCUT2D eigenvalue weighted by molar-refractivity contribution is 5.95. The molecule has 0 unspecified atom stereocenters. The zero-order valence-corrected chi connectivity index (χ0v) is 14.5. The number of esters is 1. The Morgan fingerprint density at radius 3 is 2.48 bits per heavy atom. The van der Waals surface area contributed by atoms with Gasteiger partial charge in [-0.05, 0) is 54.8 Å². The second-order valence-electron chi connectivity index (χ2n) is 5.51. The molecule has 0 fully saturated rings. The minimum absolute atomic E-state index is 0.334. The molecule has 0 saturated heterocycles. The average Bonchev–Trinajstić information content (AvgIpc) is 2.62. The number of ether oxygens (including phenoxy) is 2. The number of rotatable bonds is 6. The van der Waals surface area contributed by atoms with E-state index in [0.29, 0.717) is 0 Å². The second-order valence-corrected chi connectivity index (χ2v) is 5.51. The van der Waals surface area contributed by atoms with E-state index in [-0.39, 0.29) is 12.5 Å². The number of amides is 1. The first-order chi connectivity index (χ1) is 12.0. The van der Waals surface area contributed by atoms with Gasteiger partial charge in [0.15, 0.2) is 6.61 Å². The van der Waals surface area contributed by atoms with E-state index in [9.17, 15) is 9.59 Å². The fraction of sp³-hybridized carbons (Fsp3) is 0.200. The van der Waals surface area contributed by atoms with Crippen molar-refractivity contribution < 1.29 is 19.1 Å². The summed E-state index contributed by atoms with van der Waals surface area (Å²) in [5, 5.41) is 2.74. The van der Waals surface area contributed by atoms with Crippen molar-refractivity contribution in [3.05, 3.63) is 65.2 Å². The lowest BCUT2D eigenvalue weighted by Crippen LogP contribution is -2.20. The SMILES string of the molecule is COc1ccc(/C=C/C(=O)OCC(=O)Nc2cccc(C)c2C)cc1. The van der Waals surface area contributed by atoms with Crippen LogP contribution in [0.25, 0.3) is 6.08 Å². The fourth-order valence-corrected chi connectivity index (χ4v) is 2.14. The highest BCUT2D eigenvalue weighted by Gasteiger charge is 2.08. The Bertz CT molecular complexity index is 779. The summed E-state index contributed by atoms with van der Waals surface area (Å²) < 4.78 is 10.0. The summed E-state index contributed by atoms with van der Waals surface area (Å²) in [6.45, 7) is 3.56. The lowest BCUT2D eigenvalue weighted by atomic mass is 10.1. The molecule has 130 valence electrons. The normalized spacial score (nSPS) is 10.5. The summed E-state index contributed by atoms with van der Waals surface area (Å²) in [7, 11) is 1.59. The van der Waals surface area contributed by atoms with Crippen LogP contribution in [0.1, 0.15) is 16.7 Å². The Kier molecular flexibility index (Phi) is 6.34. The monoisotopic (exact) mass is 339 g/mol. The summed E-state index contributed by atoms with van der Waals surface area (Å²) in [5.41, 5.74) is 3.62. The van der Waals surface area contributed by atoms with Crippen LogP contribution in [-0.4, -0.2) is 25.6 Å². The number of carbonyl (C=O) groups excluding carboxylic acids is 2. The van der Waals surface area contributed by atoms with E-state index >= 15 is 0 Å². The predicted octanol–water partition coefficient (Wildman–Crippen LogP) is 3.51. The van der Waals surface area contributed by atoms with Crippen molar-refractivity contribution in [2.45, 2.75) is 13.8 Å². The first-order valence-electron chi connectivity index (χ1n) is 7.84. The first-order valence-corrected chi connectivity index (χ1v) is 7.84. The third kappa shape index (κ3) is 5.49. The Hall–Kier alpha value is -3.08. The maximum absolute atomic E-state index is 11.9. The maximum Gasteiger partial charge on any atom is 0.331 e. The van der Waals surface area contributed by atoms with E-state index in [0.717, 1.165) is 28.1 Å². The van der Waals surface area contributed by atoms with E-state index in [2.05, 4.69) is 5.32 Å². The molecule has 2 aromatic carbocycles. The van der Waals surface area contributed by atoms with Crippen molar-refractivity contribution in [1.29, 1.82) is 0 Å². The molecule has 1 N–H and O–H groups in total. The molecule has 0 aliphatic rings. The number of methoxy groups -OCH3 is 1. The van der Waals surface area contributed by atoms with Crippen molar-refractivity contribution in [3.63, 3.8) is 0 Å². The quantitative estimate of drug-likeness (QED) is 0.646. The molecule has 0 aliphatic carbocycles. The van der Waals surface area contributed by atoms with Crippen molar-refractivity contribution in [2.75, 3.05) is 19.0 Å². The van der Waals surface area contributed by atoms with Crippen LogP contribution in [0.4, 0.5) is 5.69 Å². The van der Waals surface area contributed by atoms with Crippen molar-refractivity contribution in [1.82, 2.24) is 0 Å². The number of aryl methyl sites for hydroxylation is 1. The Labute approximate surface area is 147 Å². The average molecular weight is 339 g/mol. The zero-order valence-electron chi connectivity index (χ0n) is 14.5. The van der Waals surface area contributed by atoms with Gasteiger partial charge in [0.1, 0.15) is 5.75 Å². The number of carbonyl (C=O) groups is 2. The first kappa shape index (κ1) is 18.3. The molecule has 0 saturated carbocycles. The Balaban J connectivity index is 1.83. The number of benzene rings is 2. The molecule has 0 spiro atoms. The standard InChI is InChI=1S/C20H21NO4/c1-14-5-4-6-18(15(14)2)21-19(22)13-25-20(23)12-9-16-7-10-17(24-3)11-8-16/h4-12H,13H2,1-3H3,(H,21,22)/b12-9+. The minimum Gasteiger partial charge on any atom is -0.497 e. The molecule has 25 heavy (non-hydrogen) atoms. The summed E-state index contributed by atoms with van der Waals surface area (Å²) in [5.74, 6) is -0.213. The number of hydrogen-bond acceptors (Lipinski definition) is 4. The van der Waals surface area contributed by atoms with Crippen LogP contribution in [0.2, 0.25) is 0 Å². The third-order valence-electron chi connectivity index (χ3n) is 3.75. The van der Waals surface area contributed by atoms with Gasteiger partial charge in [-0.3, -0.25) is 4.79 Å². The maximum atomic E-state index is 11.9. The molecule has 0 aliphatic heterocycles. The van der Waals surface area contributed by atoms with Gasteiger partial charge in [0.2, 0.25) is 0 Å². The van der Waals surface area contributed by atoms with Crippen LogP contribution in [-0.2, 0) is 14.3 Å². The molecule has 5 nitrogen and oxygen atoms in total. The van der Waals surface area contributed by atoms with E-state index in [1.807, 2.05) is 44.2 Å². The lowest BCUT2D eigenvalue weighted by molar-refractivity contribution is -0.142. The van der Waals surface area contributed by atoms with Gasteiger partial charge in [0.05, 0.1) is 7.11 Å². The van der Waals surface area contributed by atoms with Gasteiger partial charge in [-0.1, -0.05) is 24.3 Å². The topological polar surface area (TPSA) is 64.6 Å². The molecule has 0 bridgehead atoms.